The van der Waals surface area contributed by atoms with Gasteiger partial charge in [-0.1, -0.05) is 19.3 Å². The van der Waals surface area contributed by atoms with Gasteiger partial charge in [0.05, 0.1) is 0 Å². The third-order valence-corrected chi connectivity index (χ3v) is 2.60. The largest absolute Gasteiger partial charge is 0.370 e. The highest BCUT2D eigenvalue weighted by atomic mass is 15.1. The monoisotopic (exact) mass is 183 g/mol. The zero-order valence-corrected chi connectivity index (χ0v) is 8.55. The molecule has 0 aromatic carbocycles. The molecule has 0 atom stereocenters. The minimum atomic E-state index is 0.605. The Balaban J connectivity index is 2.19. The Kier molecular flexibility index (Phi) is 4.65. The molecule has 0 unspecified atom stereocenters. The molecule has 76 valence electrons. The Bertz CT molecular complexity index is 160. The Morgan fingerprint density at radius 3 is 2.69 bits per heavy atom. The molecule has 0 heterocycles. The molecule has 0 spiro atoms. The summed E-state index contributed by atoms with van der Waals surface area (Å²) in [5.74, 6) is 1.39. The minimum absolute atomic E-state index is 0.605. The number of nitrogens with zero attached hydrogens (tertiary/aromatic N) is 1. The summed E-state index contributed by atoms with van der Waals surface area (Å²) < 4.78 is 0. The topological polar surface area (TPSA) is 50.4 Å². The van der Waals surface area contributed by atoms with Gasteiger partial charge in [-0.15, -0.1) is 0 Å². The molecule has 3 N–H and O–H groups in total. The van der Waals surface area contributed by atoms with Gasteiger partial charge in [-0.05, 0) is 25.7 Å². The molecule has 1 aliphatic rings. The van der Waals surface area contributed by atoms with Crippen LogP contribution in [-0.2, 0) is 0 Å². The molecule has 0 aromatic rings. The van der Waals surface area contributed by atoms with E-state index in [9.17, 15) is 0 Å². The summed E-state index contributed by atoms with van der Waals surface area (Å²) in [6.07, 6.45) is 6.83. The molecular weight excluding hydrogens is 162 g/mol. The number of guanidine groups is 1. The van der Waals surface area contributed by atoms with Crippen LogP contribution < -0.4 is 11.1 Å². The predicted molar refractivity (Wildman–Crippen MR) is 56.7 cm³/mol. The molecule has 1 rings (SSSR count). The van der Waals surface area contributed by atoms with Crippen LogP contribution in [0.3, 0.4) is 0 Å². The molecular formula is C10H21N3. The fraction of sp³-hybridized carbons (Fsp3) is 0.900. The lowest BCUT2D eigenvalue weighted by Crippen LogP contribution is -2.32. The molecule has 0 aromatic heterocycles. The van der Waals surface area contributed by atoms with E-state index in [0.29, 0.717) is 5.96 Å². The number of hydrogen-bond donors (Lipinski definition) is 2. The maximum atomic E-state index is 5.64. The normalized spacial score (nSPS) is 20.2. The van der Waals surface area contributed by atoms with Gasteiger partial charge in [0.25, 0.3) is 0 Å². The maximum Gasteiger partial charge on any atom is 0.188 e. The van der Waals surface area contributed by atoms with Crippen LogP contribution in [-0.4, -0.2) is 19.0 Å². The summed E-state index contributed by atoms with van der Waals surface area (Å²) in [5.41, 5.74) is 5.64. The van der Waals surface area contributed by atoms with Gasteiger partial charge in [-0.2, -0.15) is 0 Å². The highest BCUT2D eigenvalue weighted by Crippen LogP contribution is 2.23. The van der Waals surface area contributed by atoms with Crippen molar-refractivity contribution in [3.05, 3.63) is 0 Å². The SMILES string of the molecule is CCNC(N)=NCC1CCCCC1. The Morgan fingerprint density at radius 1 is 1.38 bits per heavy atom. The first-order valence-corrected chi connectivity index (χ1v) is 5.36. The average molecular weight is 183 g/mol. The number of hydrogen-bond acceptors (Lipinski definition) is 1. The number of nitrogens with one attached hydrogen (secondary N) is 1. The van der Waals surface area contributed by atoms with Gasteiger partial charge >= 0.3 is 0 Å². The Hall–Kier alpha value is -0.730. The fourth-order valence-corrected chi connectivity index (χ4v) is 1.83. The van der Waals surface area contributed by atoms with E-state index in [2.05, 4.69) is 10.3 Å². The average Bonchev–Trinajstić information content (AvgIpc) is 2.17. The van der Waals surface area contributed by atoms with Crippen molar-refractivity contribution in [3.8, 4) is 0 Å². The highest BCUT2D eigenvalue weighted by Gasteiger charge is 2.12. The fourth-order valence-electron chi connectivity index (χ4n) is 1.83. The molecule has 13 heavy (non-hydrogen) atoms. The van der Waals surface area contributed by atoms with Crippen molar-refractivity contribution in [1.29, 1.82) is 0 Å². The van der Waals surface area contributed by atoms with Gasteiger partial charge < -0.3 is 11.1 Å². The van der Waals surface area contributed by atoms with Crippen molar-refractivity contribution in [2.45, 2.75) is 39.0 Å². The van der Waals surface area contributed by atoms with Crippen LogP contribution in [0.15, 0.2) is 4.99 Å². The first-order valence-electron chi connectivity index (χ1n) is 5.36. The van der Waals surface area contributed by atoms with Crippen LogP contribution >= 0.6 is 0 Å². The molecule has 1 aliphatic carbocycles. The second-order valence-corrected chi connectivity index (χ2v) is 3.76. The van der Waals surface area contributed by atoms with Crippen LogP contribution in [0.25, 0.3) is 0 Å². The summed E-state index contributed by atoms with van der Waals surface area (Å²) in [6.45, 7) is 3.81. The zero-order chi connectivity index (χ0) is 9.52. The lowest BCUT2D eigenvalue weighted by atomic mass is 9.89. The molecule has 1 fully saturated rings. The van der Waals surface area contributed by atoms with E-state index in [1.54, 1.807) is 0 Å². The molecule has 0 radical (unpaired) electrons. The van der Waals surface area contributed by atoms with Crippen molar-refractivity contribution in [2.75, 3.05) is 13.1 Å². The van der Waals surface area contributed by atoms with E-state index in [1.165, 1.54) is 32.1 Å². The van der Waals surface area contributed by atoms with Gasteiger partial charge in [0.15, 0.2) is 5.96 Å². The van der Waals surface area contributed by atoms with Crippen molar-refractivity contribution in [1.82, 2.24) is 5.32 Å². The van der Waals surface area contributed by atoms with E-state index in [4.69, 9.17) is 5.73 Å². The summed E-state index contributed by atoms with van der Waals surface area (Å²) in [5, 5.41) is 3.01. The van der Waals surface area contributed by atoms with Crippen LogP contribution in [0, 0.1) is 5.92 Å². The molecule has 3 heteroatoms. The van der Waals surface area contributed by atoms with Crippen LogP contribution in [0.5, 0.6) is 0 Å². The van der Waals surface area contributed by atoms with Crippen molar-refractivity contribution < 1.29 is 0 Å². The van der Waals surface area contributed by atoms with Gasteiger partial charge in [0, 0.05) is 13.1 Å². The van der Waals surface area contributed by atoms with Gasteiger partial charge in [-0.3, -0.25) is 4.99 Å². The molecule has 0 amide bonds. The van der Waals surface area contributed by atoms with Crippen LogP contribution in [0.1, 0.15) is 39.0 Å². The second kappa shape index (κ2) is 5.84. The summed E-state index contributed by atoms with van der Waals surface area (Å²) in [6, 6.07) is 0. The van der Waals surface area contributed by atoms with E-state index in [1.807, 2.05) is 6.92 Å². The third kappa shape index (κ3) is 4.15. The number of nitrogens with two attached hydrogens (primary N) is 1. The first-order chi connectivity index (χ1) is 6.33. The number of rotatable bonds is 3. The molecule has 1 saturated carbocycles. The second-order valence-electron chi connectivity index (χ2n) is 3.76. The van der Waals surface area contributed by atoms with E-state index < -0.39 is 0 Å². The summed E-state index contributed by atoms with van der Waals surface area (Å²) in [4.78, 5) is 4.32. The lowest BCUT2D eigenvalue weighted by molar-refractivity contribution is 0.366. The maximum absolute atomic E-state index is 5.64. The van der Waals surface area contributed by atoms with Crippen molar-refractivity contribution in [3.63, 3.8) is 0 Å². The van der Waals surface area contributed by atoms with Gasteiger partial charge in [-0.25, -0.2) is 0 Å². The number of aliphatic imine (C=N–C) groups is 1. The highest BCUT2D eigenvalue weighted by molar-refractivity contribution is 5.77. The predicted octanol–water partition coefficient (Wildman–Crippen LogP) is 1.49. The third-order valence-electron chi connectivity index (χ3n) is 2.60. The molecule has 0 saturated heterocycles. The van der Waals surface area contributed by atoms with E-state index in [-0.39, 0.29) is 0 Å². The quantitative estimate of drug-likeness (QED) is 0.514. The van der Waals surface area contributed by atoms with Crippen molar-refractivity contribution in [2.24, 2.45) is 16.6 Å². The van der Waals surface area contributed by atoms with E-state index in [0.717, 1.165) is 19.0 Å². The molecule has 0 aliphatic heterocycles. The Morgan fingerprint density at radius 2 is 2.08 bits per heavy atom. The first kappa shape index (κ1) is 10.4. The van der Waals surface area contributed by atoms with Gasteiger partial charge in [0.2, 0.25) is 0 Å². The minimum Gasteiger partial charge on any atom is -0.370 e. The lowest BCUT2D eigenvalue weighted by Gasteiger charge is -2.19. The van der Waals surface area contributed by atoms with Crippen molar-refractivity contribution >= 4 is 5.96 Å². The molecule has 3 nitrogen and oxygen atoms in total. The summed E-state index contributed by atoms with van der Waals surface area (Å²) >= 11 is 0. The van der Waals surface area contributed by atoms with E-state index >= 15 is 0 Å². The summed E-state index contributed by atoms with van der Waals surface area (Å²) in [7, 11) is 0. The van der Waals surface area contributed by atoms with Gasteiger partial charge in [0.1, 0.15) is 0 Å². The Labute approximate surface area is 80.8 Å². The van der Waals surface area contributed by atoms with Crippen LogP contribution in [0.2, 0.25) is 0 Å². The smallest absolute Gasteiger partial charge is 0.188 e. The van der Waals surface area contributed by atoms with Crippen LogP contribution in [0.4, 0.5) is 0 Å². The zero-order valence-electron chi connectivity index (χ0n) is 8.55. The standard InChI is InChI=1S/C10H21N3/c1-2-12-10(11)13-8-9-6-4-3-5-7-9/h9H,2-8H2,1H3,(H3,11,12,13). The molecule has 0 bridgehead atoms.